The van der Waals surface area contributed by atoms with Crippen molar-refractivity contribution in [3.05, 3.63) is 29.3 Å². The number of sulfonamides is 1. The highest BCUT2D eigenvalue weighted by Gasteiger charge is 2.28. The zero-order chi connectivity index (χ0) is 15.5. The van der Waals surface area contributed by atoms with Crippen LogP contribution in [0.15, 0.2) is 17.0 Å². The number of nitrogens with one attached hydrogen (secondary N) is 1. The fourth-order valence-electron chi connectivity index (χ4n) is 1.47. The second-order valence-electron chi connectivity index (χ2n) is 3.95. The van der Waals surface area contributed by atoms with Gasteiger partial charge in [-0.3, -0.25) is 0 Å². The van der Waals surface area contributed by atoms with Crippen LogP contribution in [0, 0.1) is 11.6 Å². The number of aliphatic hydroxyl groups is 1. The number of carboxylic acids is 1. The van der Waals surface area contributed by atoms with Crippen molar-refractivity contribution < 1.29 is 32.2 Å². The molecule has 20 heavy (non-hydrogen) atoms. The summed E-state index contributed by atoms with van der Waals surface area (Å²) >= 11 is 0. The van der Waals surface area contributed by atoms with E-state index in [1.165, 1.54) is 0 Å². The lowest BCUT2D eigenvalue weighted by Gasteiger charge is -2.15. The van der Waals surface area contributed by atoms with Crippen molar-refractivity contribution in [3.63, 3.8) is 0 Å². The number of hydrogen-bond acceptors (Lipinski definition) is 4. The average molecular weight is 309 g/mol. The fourth-order valence-corrected chi connectivity index (χ4v) is 2.86. The van der Waals surface area contributed by atoms with E-state index in [0.717, 1.165) is 0 Å². The highest BCUT2D eigenvalue weighted by molar-refractivity contribution is 7.89. The van der Waals surface area contributed by atoms with Gasteiger partial charge in [0, 0.05) is 6.04 Å². The third-order valence-corrected chi connectivity index (χ3v) is 4.13. The van der Waals surface area contributed by atoms with Gasteiger partial charge in [-0.1, -0.05) is 6.92 Å². The minimum atomic E-state index is -4.40. The van der Waals surface area contributed by atoms with Gasteiger partial charge in [0.05, 0.1) is 6.61 Å². The standard InChI is InChI=1S/C11H13F2NO5S/c1-2-6(5-15)14-20(18,19)8-4-3-7(12)9(10(8)13)11(16)17/h3-4,6,14-15H,2,5H2,1H3,(H,16,17)/t6-/m1/s1. The number of halogens is 2. The number of carbonyl (C=O) groups is 1. The van der Waals surface area contributed by atoms with Gasteiger partial charge in [0.15, 0.2) is 5.82 Å². The molecule has 1 rings (SSSR count). The molecular formula is C11H13F2NO5S. The van der Waals surface area contributed by atoms with Gasteiger partial charge in [-0.15, -0.1) is 0 Å². The maximum absolute atomic E-state index is 13.8. The summed E-state index contributed by atoms with van der Waals surface area (Å²) < 4.78 is 52.8. The molecule has 0 aliphatic heterocycles. The van der Waals surface area contributed by atoms with Crippen LogP contribution >= 0.6 is 0 Å². The molecule has 0 spiro atoms. The number of hydrogen-bond donors (Lipinski definition) is 3. The Morgan fingerprint density at radius 1 is 1.40 bits per heavy atom. The summed E-state index contributed by atoms with van der Waals surface area (Å²) in [5.41, 5.74) is -1.34. The number of carboxylic acid groups (broad SMARTS) is 1. The van der Waals surface area contributed by atoms with Gasteiger partial charge in [-0.05, 0) is 18.6 Å². The molecular weight excluding hydrogens is 296 g/mol. The molecule has 0 saturated carbocycles. The predicted octanol–water partition coefficient (Wildman–Crippen LogP) is 0.712. The molecule has 0 amide bonds. The normalized spacial score (nSPS) is 13.2. The predicted molar refractivity (Wildman–Crippen MR) is 64.8 cm³/mol. The molecule has 0 unspecified atom stereocenters. The highest BCUT2D eigenvalue weighted by Crippen LogP contribution is 2.21. The highest BCUT2D eigenvalue weighted by atomic mass is 32.2. The van der Waals surface area contributed by atoms with Crippen molar-refractivity contribution in [1.29, 1.82) is 0 Å². The van der Waals surface area contributed by atoms with Crippen molar-refractivity contribution in [1.82, 2.24) is 4.72 Å². The molecule has 0 fully saturated rings. The van der Waals surface area contributed by atoms with Crippen molar-refractivity contribution in [2.75, 3.05) is 6.61 Å². The molecule has 1 atom stereocenters. The van der Waals surface area contributed by atoms with Gasteiger partial charge in [0.2, 0.25) is 10.0 Å². The topological polar surface area (TPSA) is 104 Å². The lowest BCUT2D eigenvalue weighted by Crippen LogP contribution is -2.37. The molecule has 0 radical (unpaired) electrons. The summed E-state index contributed by atoms with van der Waals surface area (Å²) in [6, 6.07) is 0.336. The van der Waals surface area contributed by atoms with Crippen molar-refractivity contribution in [3.8, 4) is 0 Å². The average Bonchev–Trinajstić information content (AvgIpc) is 2.35. The Hall–Kier alpha value is -1.58. The van der Waals surface area contributed by atoms with E-state index in [0.29, 0.717) is 12.1 Å². The molecule has 6 nitrogen and oxygen atoms in total. The van der Waals surface area contributed by atoms with Gasteiger partial charge in [-0.2, -0.15) is 0 Å². The second-order valence-corrected chi connectivity index (χ2v) is 5.63. The molecule has 3 N–H and O–H groups in total. The van der Waals surface area contributed by atoms with Gasteiger partial charge in [0.25, 0.3) is 0 Å². The number of rotatable bonds is 6. The largest absolute Gasteiger partial charge is 0.477 e. The summed E-state index contributed by atoms with van der Waals surface area (Å²) in [5.74, 6) is -4.97. The Morgan fingerprint density at radius 2 is 2.00 bits per heavy atom. The zero-order valence-electron chi connectivity index (χ0n) is 10.4. The SMILES string of the molecule is CC[C@H](CO)NS(=O)(=O)c1ccc(F)c(C(=O)O)c1F. The molecule has 0 heterocycles. The molecule has 9 heteroatoms. The second kappa shape index (κ2) is 6.25. The molecule has 1 aromatic carbocycles. The van der Waals surface area contributed by atoms with E-state index in [1.54, 1.807) is 6.92 Å². The molecule has 0 aliphatic rings. The summed E-state index contributed by atoms with van der Waals surface area (Å²) in [6.07, 6.45) is 0.240. The van der Waals surface area contributed by atoms with Crippen LogP contribution in [0.2, 0.25) is 0 Å². The van der Waals surface area contributed by atoms with E-state index in [9.17, 15) is 22.0 Å². The van der Waals surface area contributed by atoms with Crippen molar-refractivity contribution in [2.45, 2.75) is 24.3 Å². The van der Waals surface area contributed by atoms with E-state index in [-0.39, 0.29) is 6.42 Å². The summed E-state index contributed by atoms with van der Waals surface area (Å²) in [4.78, 5) is 9.74. The van der Waals surface area contributed by atoms with E-state index >= 15 is 0 Å². The van der Waals surface area contributed by atoms with Gasteiger partial charge in [-0.25, -0.2) is 26.7 Å². The van der Waals surface area contributed by atoms with Crippen LogP contribution < -0.4 is 4.72 Å². The van der Waals surface area contributed by atoms with Crippen LogP contribution in [0.3, 0.4) is 0 Å². The molecule has 0 saturated heterocycles. The number of aromatic carboxylic acids is 1. The molecule has 112 valence electrons. The first-order valence-corrected chi connectivity index (χ1v) is 7.07. The minimum absolute atomic E-state index is 0.240. The smallest absolute Gasteiger partial charge is 0.341 e. The van der Waals surface area contributed by atoms with Crippen LogP contribution in [0.4, 0.5) is 8.78 Å². The van der Waals surface area contributed by atoms with Crippen molar-refractivity contribution in [2.24, 2.45) is 0 Å². The quantitative estimate of drug-likeness (QED) is 0.718. The van der Waals surface area contributed by atoms with E-state index in [1.807, 2.05) is 4.72 Å². The Balaban J connectivity index is 3.33. The van der Waals surface area contributed by atoms with Gasteiger partial charge >= 0.3 is 5.97 Å². The summed E-state index contributed by atoms with van der Waals surface area (Å²) in [7, 11) is -4.40. The van der Waals surface area contributed by atoms with E-state index in [2.05, 4.69) is 0 Å². The van der Waals surface area contributed by atoms with E-state index < -0.39 is 50.7 Å². The Morgan fingerprint density at radius 3 is 2.45 bits per heavy atom. The van der Waals surface area contributed by atoms with Crippen LogP contribution in [-0.2, 0) is 10.0 Å². The van der Waals surface area contributed by atoms with Crippen LogP contribution in [0.5, 0.6) is 0 Å². The summed E-state index contributed by atoms with van der Waals surface area (Å²) in [5, 5.41) is 17.6. The van der Waals surface area contributed by atoms with Gasteiger partial charge in [0.1, 0.15) is 16.3 Å². The first-order chi connectivity index (χ1) is 9.24. The summed E-state index contributed by atoms with van der Waals surface area (Å²) in [6.45, 7) is 1.08. The van der Waals surface area contributed by atoms with E-state index in [4.69, 9.17) is 10.2 Å². The molecule has 0 aromatic heterocycles. The Kier molecular flexibility index (Phi) is 5.15. The van der Waals surface area contributed by atoms with Crippen LogP contribution in [-0.4, -0.2) is 37.2 Å². The zero-order valence-corrected chi connectivity index (χ0v) is 11.2. The van der Waals surface area contributed by atoms with Crippen LogP contribution in [0.1, 0.15) is 23.7 Å². The Bertz CT molecular complexity index is 613. The van der Waals surface area contributed by atoms with Crippen molar-refractivity contribution >= 4 is 16.0 Å². The van der Waals surface area contributed by atoms with Gasteiger partial charge < -0.3 is 10.2 Å². The van der Waals surface area contributed by atoms with Crippen LogP contribution in [0.25, 0.3) is 0 Å². The first kappa shape index (κ1) is 16.5. The first-order valence-electron chi connectivity index (χ1n) is 5.59. The third-order valence-electron chi connectivity index (χ3n) is 2.59. The number of benzene rings is 1. The maximum atomic E-state index is 13.8. The Labute approximate surface area is 114 Å². The lowest BCUT2D eigenvalue weighted by molar-refractivity contribution is 0.0685. The fraction of sp³-hybridized carbons (Fsp3) is 0.364. The third kappa shape index (κ3) is 3.30. The molecule has 1 aromatic rings. The molecule has 0 aliphatic carbocycles. The minimum Gasteiger partial charge on any atom is -0.477 e. The number of aliphatic hydroxyl groups excluding tert-OH is 1. The lowest BCUT2D eigenvalue weighted by atomic mass is 10.2. The molecule has 0 bridgehead atoms. The maximum Gasteiger partial charge on any atom is 0.341 e. The monoisotopic (exact) mass is 309 g/mol.